The summed E-state index contributed by atoms with van der Waals surface area (Å²) < 4.78 is 0. The van der Waals surface area contributed by atoms with Crippen molar-refractivity contribution in [2.24, 2.45) is 58.2 Å². The smallest absolute Gasteiger partial charge is 0.00851 e. The maximum atomic E-state index is 2.78. The Labute approximate surface area is 189 Å². The summed E-state index contributed by atoms with van der Waals surface area (Å²) in [4.78, 5) is 0. The van der Waals surface area contributed by atoms with Crippen LogP contribution in [-0.2, 0) is 0 Å². The molecule has 0 saturated heterocycles. The van der Waals surface area contributed by atoms with Crippen molar-refractivity contribution in [1.29, 1.82) is 0 Å². The molecule has 172 valence electrons. The minimum atomic E-state index is 0.538. The summed E-state index contributed by atoms with van der Waals surface area (Å²) >= 11 is 0. The third-order valence-corrected chi connectivity index (χ3v) is 11.3. The average molecular weight is 413 g/mol. The predicted octanol–water partition coefficient (Wildman–Crippen LogP) is 9.30. The van der Waals surface area contributed by atoms with E-state index in [1.807, 2.05) is 5.57 Å². The number of hydrogen-bond acceptors (Lipinski definition) is 0. The monoisotopic (exact) mass is 412 g/mol. The highest BCUT2D eigenvalue weighted by atomic mass is 14.6. The molecule has 0 aliphatic heterocycles. The second-order valence-corrected chi connectivity index (χ2v) is 13.5. The van der Waals surface area contributed by atoms with E-state index in [0.29, 0.717) is 10.8 Å². The minimum Gasteiger partial charge on any atom is -0.0845 e. The van der Waals surface area contributed by atoms with Crippen LogP contribution < -0.4 is 0 Å². The van der Waals surface area contributed by atoms with Crippen LogP contribution in [0.2, 0.25) is 0 Å². The molecule has 0 spiro atoms. The van der Waals surface area contributed by atoms with E-state index in [9.17, 15) is 0 Å². The predicted molar refractivity (Wildman–Crippen MR) is 131 cm³/mol. The molecule has 0 N–H and O–H groups in total. The molecular weight excluding hydrogens is 360 g/mol. The molecule has 0 aromatic carbocycles. The van der Waals surface area contributed by atoms with Gasteiger partial charge in [-0.3, -0.25) is 0 Å². The van der Waals surface area contributed by atoms with E-state index < -0.39 is 0 Å². The van der Waals surface area contributed by atoms with E-state index in [4.69, 9.17) is 0 Å². The number of allylic oxidation sites excluding steroid dienone is 2. The second-order valence-electron chi connectivity index (χ2n) is 13.5. The van der Waals surface area contributed by atoms with Crippen LogP contribution in [0, 0.1) is 58.2 Å². The molecule has 8 atom stereocenters. The van der Waals surface area contributed by atoms with Gasteiger partial charge in [-0.05, 0) is 110 Å². The van der Waals surface area contributed by atoms with Crippen molar-refractivity contribution >= 4 is 0 Å². The van der Waals surface area contributed by atoms with Crippen LogP contribution >= 0.6 is 0 Å². The summed E-state index contributed by atoms with van der Waals surface area (Å²) in [5.41, 5.74) is 3.06. The van der Waals surface area contributed by atoms with E-state index in [-0.39, 0.29) is 0 Å². The van der Waals surface area contributed by atoms with E-state index in [1.165, 1.54) is 70.6 Å². The second kappa shape index (κ2) is 8.59. The van der Waals surface area contributed by atoms with Gasteiger partial charge in [-0.15, -0.1) is 0 Å². The molecule has 0 heteroatoms. The van der Waals surface area contributed by atoms with Crippen molar-refractivity contribution < 1.29 is 0 Å². The largest absolute Gasteiger partial charge is 0.0845 e. The SMILES string of the molecule is CC(C)CCC[C@@H](C)C1CCC2C3CC=C4CC(C(C)C)CCC4(C)C3CCC21C. The molecule has 0 amide bonds. The van der Waals surface area contributed by atoms with Crippen LogP contribution in [0.5, 0.6) is 0 Å². The summed E-state index contributed by atoms with van der Waals surface area (Å²) in [7, 11) is 0. The first kappa shape index (κ1) is 22.9. The minimum absolute atomic E-state index is 0.538. The normalized spacial score (nSPS) is 44.4. The van der Waals surface area contributed by atoms with Gasteiger partial charge in [0.25, 0.3) is 0 Å². The lowest BCUT2D eigenvalue weighted by atomic mass is 9.46. The molecule has 30 heavy (non-hydrogen) atoms. The van der Waals surface area contributed by atoms with E-state index in [0.717, 1.165) is 47.3 Å². The third-order valence-electron chi connectivity index (χ3n) is 11.3. The summed E-state index contributed by atoms with van der Waals surface area (Å²) in [5.74, 6) is 7.57. The molecule has 7 unspecified atom stereocenters. The van der Waals surface area contributed by atoms with Gasteiger partial charge in [0.2, 0.25) is 0 Å². The first-order valence-electron chi connectivity index (χ1n) is 13.9. The van der Waals surface area contributed by atoms with Gasteiger partial charge in [0.05, 0.1) is 0 Å². The lowest BCUT2D eigenvalue weighted by Gasteiger charge is -2.59. The zero-order valence-corrected chi connectivity index (χ0v) is 21.5. The molecule has 0 aromatic heterocycles. The lowest BCUT2D eigenvalue weighted by Crippen LogP contribution is -2.50. The first-order valence-corrected chi connectivity index (χ1v) is 13.9. The van der Waals surface area contributed by atoms with E-state index >= 15 is 0 Å². The molecule has 0 heterocycles. The molecule has 4 aliphatic rings. The van der Waals surface area contributed by atoms with Gasteiger partial charge in [0.15, 0.2) is 0 Å². The van der Waals surface area contributed by atoms with Crippen LogP contribution in [0.1, 0.15) is 119 Å². The molecule has 0 bridgehead atoms. The zero-order valence-electron chi connectivity index (χ0n) is 21.5. The molecule has 0 nitrogen and oxygen atoms in total. The highest BCUT2D eigenvalue weighted by molar-refractivity contribution is 5.25. The molecule has 4 rings (SSSR count). The Bertz CT molecular complexity index is 626. The Hall–Kier alpha value is -0.260. The van der Waals surface area contributed by atoms with Crippen molar-refractivity contribution in [2.45, 2.75) is 119 Å². The Balaban J connectivity index is 1.48. The molecule has 3 saturated carbocycles. The number of fused-ring (bicyclic) bond motifs is 5. The lowest BCUT2D eigenvalue weighted by molar-refractivity contribution is -0.0538. The Morgan fingerprint density at radius 1 is 0.900 bits per heavy atom. The maximum Gasteiger partial charge on any atom is -0.00851 e. The standard InChI is InChI=1S/C30H52/c1-20(2)9-8-10-22(5)26-13-14-27-25-12-11-24-19-23(21(3)4)15-17-29(24,6)28(25)16-18-30(26,27)7/h11,20-23,25-28H,8-10,12-19H2,1-7H3/t22-,23?,25?,26?,27?,28?,29?,30?/m1/s1. The Morgan fingerprint density at radius 2 is 1.67 bits per heavy atom. The Kier molecular flexibility index (Phi) is 6.56. The zero-order chi connectivity index (χ0) is 21.7. The van der Waals surface area contributed by atoms with Crippen LogP contribution in [0.25, 0.3) is 0 Å². The van der Waals surface area contributed by atoms with Gasteiger partial charge in [-0.25, -0.2) is 0 Å². The quantitative estimate of drug-likeness (QED) is 0.381. The van der Waals surface area contributed by atoms with Gasteiger partial charge >= 0.3 is 0 Å². The molecule has 0 aromatic rings. The molecular formula is C30H52. The number of hydrogen-bond donors (Lipinski definition) is 0. The van der Waals surface area contributed by atoms with Gasteiger partial charge in [0.1, 0.15) is 0 Å². The highest BCUT2D eigenvalue weighted by Gasteiger charge is 2.59. The summed E-state index contributed by atoms with van der Waals surface area (Å²) in [6.07, 6.45) is 19.0. The molecule has 4 aliphatic carbocycles. The Morgan fingerprint density at radius 3 is 2.37 bits per heavy atom. The van der Waals surface area contributed by atoms with Crippen molar-refractivity contribution in [1.82, 2.24) is 0 Å². The van der Waals surface area contributed by atoms with E-state index in [1.54, 1.807) is 0 Å². The average Bonchev–Trinajstić information content (AvgIpc) is 3.04. The summed E-state index contributed by atoms with van der Waals surface area (Å²) in [5, 5.41) is 0. The highest BCUT2D eigenvalue weighted by Crippen LogP contribution is 2.67. The summed E-state index contributed by atoms with van der Waals surface area (Å²) in [6.45, 7) is 17.7. The van der Waals surface area contributed by atoms with Gasteiger partial charge < -0.3 is 0 Å². The van der Waals surface area contributed by atoms with Crippen LogP contribution in [0.4, 0.5) is 0 Å². The summed E-state index contributed by atoms with van der Waals surface area (Å²) in [6, 6.07) is 0. The molecule has 3 fully saturated rings. The van der Waals surface area contributed by atoms with Crippen molar-refractivity contribution in [3.63, 3.8) is 0 Å². The van der Waals surface area contributed by atoms with Crippen molar-refractivity contribution in [3.8, 4) is 0 Å². The van der Waals surface area contributed by atoms with Gasteiger partial charge in [-0.2, -0.15) is 0 Å². The topological polar surface area (TPSA) is 0 Å². The van der Waals surface area contributed by atoms with E-state index in [2.05, 4.69) is 54.5 Å². The third kappa shape index (κ3) is 3.85. The first-order chi connectivity index (χ1) is 14.2. The van der Waals surface area contributed by atoms with Crippen molar-refractivity contribution in [3.05, 3.63) is 11.6 Å². The fourth-order valence-electron chi connectivity index (χ4n) is 9.28. The molecule has 0 radical (unpaired) electrons. The van der Waals surface area contributed by atoms with Crippen LogP contribution in [0.15, 0.2) is 11.6 Å². The van der Waals surface area contributed by atoms with Crippen LogP contribution in [0.3, 0.4) is 0 Å². The fourth-order valence-corrected chi connectivity index (χ4v) is 9.28. The van der Waals surface area contributed by atoms with Gasteiger partial charge in [0, 0.05) is 0 Å². The van der Waals surface area contributed by atoms with Crippen molar-refractivity contribution in [2.75, 3.05) is 0 Å². The fraction of sp³-hybridized carbons (Fsp3) is 0.933. The maximum absolute atomic E-state index is 2.78. The van der Waals surface area contributed by atoms with Crippen LogP contribution in [-0.4, -0.2) is 0 Å². The number of rotatable bonds is 6. The van der Waals surface area contributed by atoms with Gasteiger partial charge in [-0.1, -0.05) is 79.4 Å².